The highest BCUT2D eigenvalue weighted by Gasteiger charge is 2.35. The van der Waals surface area contributed by atoms with E-state index in [1.165, 1.54) is 23.5 Å². The lowest BCUT2D eigenvalue weighted by Crippen LogP contribution is -2.21. The Labute approximate surface area is 196 Å². The molecule has 0 saturated carbocycles. The third-order valence-electron chi connectivity index (χ3n) is 4.97. The summed E-state index contributed by atoms with van der Waals surface area (Å²) in [5.41, 5.74) is 7.50. The van der Waals surface area contributed by atoms with Gasteiger partial charge in [-0.05, 0) is 42.0 Å². The van der Waals surface area contributed by atoms with Crippen molar-refractivity contribution in [1.29, 1.82) is 0 Å². The van der Waals surface area contributed by atoms with Gasteiger partial charge in [0.15, 0.2) is 5.13 Å². The molecule has 0 radical (unpaired) electrons. The van der Waals surface area contributed by atoms with Crippen molar-refractivity contribution in [2.75, 3.05) is 11.1 Å². The Morgan fingerprint density at radius 1 is 1.06 bits per heavy atom. The fraction of sp³-hybridized carbons (Fsp3) is 0.0500. The van der Waals surface area contributed by atoms with Gasteiger partial charge in [-0.1, -0.05) is 35.1 Å². The third kappa shape index (κ3) is 4.04. The quantitative estimate of drug-likeness (QED) is 0.291. The number of nitrogens with zero attached hydrogens (tertiary/aromatic N) is 2. The minimum Gasteiger partial charge on any atom is -0.419 e. The zero-order chi connectivity index (χ0) is 23.3. The molecule has 33 heavy (non-hydrogen) atoms. The molecule has 168 valence electrons. The number of H-pyrrole nitrogens is 1. The molecular weight excluding hydrogens is 488 g/mol. The summed E-state index contributed by atoms with van der Waals surface area (Å²) in [6.45, 7) is 0. The molecule has 6 N–H and O–H groups in total. The molecule has 0 aliphatic carbocycles. The molecule has 0 fully saturated rings. The number of fused-ring (bicyclic) bond motifs is 2. The number of hydrogen-bond acceptors (Lipinski definition) is 9. The van der Waals surface area contributed by atoms with Crippen molar-refractivity contribution in [1.82, 2.24) is 15.0 Å². The van der Waals surface area contributed by atoms with Crippen molar-refractivity contribution in [3.05, 3.63) is 80.0 Å². The molecule has 1 aliphatic rings. The Kier molecular flexibility index (Phi) is 5.09. The standard InChI is InChI=1S/C20H15ClN6O4S2/c21-10-3-1-9(2-4-10)13-14-16(22)25-19(28)26-17(14)31-18-15(13)32-20(27-18)24-11-5-7-12(8-6-11)33(23,29)30/h1-8,13H,(H,24,27)(H2,23,29,30)(H3,22,25,26,28). The maximum absolute atomic E-state index is 11.9. The van der Waals surface area contributed by atoms with Crippen LogP contribution in [0.15, 0.2) is 58.2 Å². The minimum atomic E-state index is -3.79. The first-order chi connectivity index (χ1) is 15.7. The number of primary sulfonamides is 1. The molecule has 10 nitrogen and oxygen atoms in total. The zero-order valence-electron chi connectivity index (χ0n) is 16.6. The first-order valence-electron chi connectivity index (χ1n) is 9.42. The van der Waals surface area contributed by atoms with E-state index in [9.17, 15) is 13.2 Å². The van der Waals surface area contributed by atoms with Crippen molar-refractivity contribution in [2.24, 2.45) is 5.14 Å². The van der Waals surface area contributed by atoms with Gasteiger partial charge in [0.1, 0.15) is 5.82 Å². The van der Waals surface area contributed by atoms with Gasteiger partial charge in [0.25, 0.3) is 0 Å². The first kappa shape index (κ1) is 21.4. The van der Waals surface area contributed by atoms with Crippen LogP contribution in [-0.2, 0) is 10.0 Å². The maximum atomic E-state index is 11.9. The normalized spacial score (nSPS) is 14.8. The monoisotopic (exact) mass is 502 g/mol. The van der Waals surface area contributed by atoms with E-state index in [-0.39, 0.29) is 22.5 Å². The molecule has 1 atom stereocenters. The van der Waals surface area contributed by atoms with E-state index < -0.39 is 21.6 Å². The van der Waals surface area contributed by atoms with Crippen LogP contribution in [0.2, 0.25) is 5.02 Å². The van der Waals surface area contributed by atoms with Crippen LogP contribution in [0.5, 0.6) is 11.8 Å². The predicted octanol–water partition coefficient (Wildman–Crippen LogP) is 3.14. The van der Waals surface area contributed by atoms with E-state index in [1.54, 1.807) is 24.3 Å². The van der Waals surface area contributed by atoms with Gasteiger partial charge in [-0.15, -0.1) is 0 Å². The Morgan fingerprint density at radius 3 is 2.42 bits per heavy atom. The lowest BCUT2D eigenvalue weighted by atomic mass is 9.89. The Hall–Kier alpha value is -3.45. The van der Waals surface area contributed by atoms with Crippen molar-refractivity contribution < 1.29 is 13.2 Å². The Morgan fingerprint density at radius 2 is 1.76 bits per heavy atom. The zero-order valence-corrected chi connectivity index (χ0v) is 19.0. The average molecular weight is 503 g/mol. The van der Waals surface area contributed by atoms with Gasteiger partial charge in [-0.25, -0.2) is 18.4 Å². The van der Waals surface area contributed by atoms with E-state index >= 15 is 0 Å². The molecule has 2 aromatic carbocycles. The van der Waals surface area contributed by atoms with Crippen molar-refractivity contribution in [2.45, 2.75) is 10.8 Å². The minimum absolute atomic E-state index is 0.000662. The largest absolute Gasteiger partial charge is 0.419 e. The maximum Gasteiger partial charge on any atom is 0.349 e. The summed E-state index contributed by atoms with van der Waals surface area (Å²) in [5.74, 6) is 0.118. The van der Waals surface area contributed by atoms with Gasteiger partial charge < -0.3 is 15.8 Å². The molecule has 5 rings (SSSR count). The second-order valence-electron chi connectivity index (χ2n) is 7.14. The molecule has 3 heterocycles. The van der Waals surface area contributed by atoms with Crippen molar-refractivity contribution in [3.8, 4) is 11.8 Å². The number of thiazole rings is 1. The van der Waals surface area contributed by atoms with Crippen LogP contribution in [0.25, 0.3) is 0 Å². The number of anilines is 3. The highest BCUT2D eigenvalue weighted by atomic mass is 35.5. The fourth-order valence-corrected chi connectivity index (χ4v) is 5.20. The van der Waals surface area contributed by atoms with E-state index in [2.05, 4.69) is 20.3 Å². The van der Waals surface area contributed by atoms with Crippen LogP contribution < -0.4 is 26.6 Å². The van der Waals surface area contributed by atoms with Crippen LogP contribution in [-0.4, -0.2) is 23.4 Å². The fourth-order valence-electron chi connectivity index (χ4n) is 3.51. The number of benzene rings is 2. The first-order valence-corrected chi connectivity index (χ1v) is 12.2. The lowest BCUT2D eigenvalue weighted by Gasteiger charge is -2.24. The SMILES string of the molecule is Nc1[nH]c(=O)nc2c1C(c1ccc(Cl)cc1)c1sc(Nc3ccc(S(N)(=O)=O)cc3)nc1O2. The van der Waals surface area contributed by atoms with E-state index in [0.29, 0.717) is 21.4 Å². The number of nitrogen functional groups attached to an aromatic ring is 1. The molecule has 0 bridgehead atoms. The summed E-state index contributed by atoms with van der Waals surface area (Å²) in [6.07, 6.45) is 0. The van der Waals surface area contributed by atoms with Crippen molar-refractivity contribution >= 4 is 49.6 Å². The van der Waals surface area contributed by atoms with Gasteiger partial charge in [-0.3, -0.25) is 4.98 Å². The van der Waals surface area contributed by atoms with Gasteiger partial charge in [-0.2, -0.15) is 9.97 Å². The van der Waals surface area contributed by atoms with Crippen LogP contribution in [0, 0.1) is 0 Å². The summed E-state index contributed by atoms with van der Waals surface area (Å²) in [6, 6.07) is 13.2. The molecule has 13 heteroatoms. The lowest BCUT2D eigenvalue weighted by molar-refractivity contribution is 0.419. The number of halogens is 1. The summed E-state index contributed by atoms with van der Waals surface area (Å²) < 4.78 is 28.8. The number of aromatic amines is 1. The molecule has 4 aromatic rings. The van der Waals surface area contributed by atoms with Crippen LogP contribution in [0.4, 0.5) is 16.6 Å². The van der Waals surface area contributed by atoms with Crippen LogP contribution in [0.1, 0.15) is 21.9 Å². The second kappa shape index (κ2) is 7.85. The summed E-state index contributed by atoms with van der Waals surface area (Å²) in [7, 11) is -3.79. The van der Waals surface area contributed by atoms with Crippen molar-refractivity contribution in [3.63, 3.8) is 0 Å². The molecule has 2 aromatic heterocycles. The highest BCUT2D eigenvalue weighted by molar-refractivity contribution is 7.89. The highest BCUT2D eigenvalue weighted by Crippen LogP contribution is 2.51. The number of rotatable bonds is 4. The smallest absolute Gasteiger partial charge is 0.349 e. The van der Waals surface area contributed by atoms with E-state index in [0.717, 1.165) is 10.4 Å². The Balaban J connectivity index is 1.57. The number of hydrogen-bond donors (Lipinski definition) is 4. The van der Waals surface area contributed by atoms with Gasteiger partial charge in [0.2, 0.25) is 21.8 Å². The summed E-state index contributed by atoms with van der Waals surface area (Å²) in [5, 5.41) is 9.33. The molecule has 1 unspecified atom stereocenters. The van der Waals surface area contributed by atoms with E-state index in [4.69, 9.17) is 27.2 Å². The van der Waals surface area contributed by atoms with Crippen LogP contribution >= 0.6 is 22.9 Å². The molecular formula is C20H15ClN6O4S2. The Bertz CT molecular complexity index is 1530. The van der Waals surface area contributed by atoms with E-state index in [1.807, 2.05) is 12.1 Å². The van der Waals surface area contributed by atoms with Crippen LogP contribution in [0.3, 0.4) is 0 Å². The summed E-state index contributed by atoms with van der Waals surface area (Å²) >= 11 is 7.39. The van der Waals surface area contributed by atoms with Gasteiger partial charge in [0.05, 0.1) is 21.3 Å². The predicted molar refractivity (Wildman–Crippen MR) is 125 cm³/mol. The molecule has 0 spiro atoms. The number of nitrogens with one attached hydrogen (secondary N) is 2. The average Bonchev–Trinajstić information content (AvgIpc) is 3.14. The molecule has 0 amide bonds. The number of sulfonamides is 1. The summed E-state index contributed by atoms with van der Waals surface area (Å²) in [4.78, 5) is 23.6. The second-order valence-corrected chi connectivity index (χ2v) is 10.2. The number of nitrogens with two attached hydrogens (primary N) is 2. The molecule has 1 aliphatic heterocycles. The number of ether oxygens (including phenoxy) is 1. The number of aromatic nitrogens is 3. The van der Waals surface area contributed by atoms with Gasteiger partial charge in [0, 0.05) is 10.7 Å². The molecule has 0 saturated heterocycles. The topological polar surface area (TPSA) is 166 Å². The third-order valence-corrected chi connectivity index (χ3v) is 7.17. The van der Waals surface area contributed by atoms with Gasteiger partial charge >= 0.3 is 5.69 Å².